The summed E-state index contributed by atoms with van der Waals surface area (Å²) in [5.41, 5.74) is 3.54. The maximum atomic E-state index is 5.26. The van der Waals surface area contributed by atoms with Crippen LogP contribution in [-0.4, -0.2) is 36.3 Å². The molecule has 0 N–H and O–H groups in total. The average Bonchev–Trinajstić information content (AvgIpc) is 2.94. The lowest BCUT2D eigenvalue weighted by Crippen LogP contribution is -1.98. The van der Waals surface area contributed by atoms with Crippen LogP contribution in [-0.2, 0) is 17.3 Å². The van der Waals surface area contributed by atoms with Gasteiger partial charge in [0.05, 0.1) is 21.3 Å². The molecule has 0 unspecified atom stereocenters. The third-order valence-corrected chi connectivity index (χ3v) is 7.91. The summed E-state index contributed by atoms with van der Waals surface area (Å²) in [5.74, 6) is 4.83. The molecule has 1 heterocycles. The maximum absolute atomic E-state index is 5.26. The van der Waals surface area contributed by atoms with Gasteiger partial charge in [-0.3, -0.25) is 0 Å². The van der Waals surface area contributed by atoms with Crippen LogP contribution in [0.15, 0.2) is 88.3 Å². The Balaban J connectivity index is 1.46. The molecule has 1 aromatic heterocycles. The Kier molecular flexibility index (Phi) is 9.77. The first-order valence-corrected chi connectivity index (χ1v) is 14.1. The van der Waals surface area contributed by atoms with Crippen LogP contribution in [0.1, 0.15) is 16.7 Å². The quantitative estimate of drug-likeness (QED) is 0.182. The van der Waals surface area contributed by atoms with Crippen LogP contribution in [0.25, 0.3) is 0 Å². The van der Waals surface area contributed by atoms with Crippen molar-refractivity contribution in [1.82, 2.24) is 15.0 Å². The molecule has 3 aromatic carbocycles. The minimum atomic E-state index is 0.718. The molecule has 4 aromatic rings. The largest absolute Gasteiger partial charge is 0.497 e. The van der Waals surface area contributed by atoms with Crippen molar-refractivity contribution in [3.8, 4) is 17.2 Å². The molecule has 0 amide bonds. The Hall–Kier alpha value is -2.88. The highest BCUT2D eigenvalue weighted by atomic mass is 32.2. The van der Waals surface area contributed by atoms with E-state index >= 15 is 0 Å². The number of aromatic nitrogens is 3. The number of methoxy groups -OCH3 is 3. The average molecular weight is 538 g/mol. The van der Waals surface area contributed by atoms with Crippen molar-refractivity contribution in [2.75, 3.05) is 21.3 Å². The maximum Gasteiger partial charge on any atom is 0.192 e. The van der Waals surface area contributed by atoms with Gasteiger partial charge in [-0.05, 0) is 53.1 Å². The summed E-state index contributed by atoms with van der Waals surface area (Å²) in [6, 6.07) is 24.2. The second kappa shape index (κ2) is 13.4. The normalized spacial score (nSPS) is 10.8. The second-order valence-electron chi connectivity index (χ2n) is 7.59. The van der Waals surface area contributed by atoms with E-state index in [0.29, 0.717) is 0 Å². The lowest BCUT2D eigenvalue weighted by atomic mass is 10.2. The Morgan fingerprint density at radius 1 is 0.444 bits per heavy atom. The molecule has 0 atom stereocenters. The minimum absolute atomic E-state index is 0.718. The van der Waals surface area contributed by atoms with Gasteiger partial charge in [-0.1, -0.05) is 71.7 Å². The number of rotatable bonds is 12. The van der Waals surface area contributed by atoms with Crippen LogP contribution < -0.4 is 14.2 Å². The monoisotopic (exact) mass is 537 g/mol. The van der Waals surface area contributed by atoms with Gasteiger partial charge >= 0.3 is 0 Å². The number of hydrogen-bond donors (Lipinski definition) is 0. The lowest BCUT2D eigenvalue weighted by Gasteiger charge is -2.08. The highest BCUT2D eigenvalue weighted by Crippen LogP contribution is 2.29. The van der Waals surface area contributed by atoms with E-state index in [1.54, 1.807) is 56.6 Å². The van der Waals surface area contributed by atoms with E-state index in [2.05, 4.69) is 36.4 Å². The fourth-order valence-corrected chi connectivity index (χ4v) is 5.67. The Bertz CT molecular complexity index is 1070. The smallest absolute Gasteiger partial charge is 0.192 e. The predicted octanol–water partition coefficient (Wildman–Crippen LogP) is 6.77. The van der Waals surface area contributed by atoms with Crippen LogP contribution in [0, 0.1) is 0 Å². The number of nitrogens with zero attached hydrogens (tertiary/aromatic N) is 3. The summed E-state index contributed by atoms with van der Waals surface area (Å²) in [6.07, 6.45) is 0. The number of benzene rings is 3. The molecule has 0 spiro atoms. The Morgan fingerprint density at radius 2 is 0.694 bits per heavy atom. The summed E-state index contributed by atoms with van der Waals surface area (Å²) < 4.78 is 15.8. The van der Waals surface area contributed by atoms with Gasteiger partial charge in [0.25, 0.3) is 0 Å². The van der Waals surface area contributed by atoms with Gasteiger partial charge < -0.3 is 14.2 Å². The second-order valence-corrected chi connectivity index (χ2v) is 10.4. The standard InChI is InChI=1S/C27H27N3O3S3/c1-31-22-10-4-19(5-11-22)16-34-25-28-26(35-17-20-6-12-23(32-2)13-7-20)30-27(29-25)36-18-21-8-14-24(33-3)15-9-21/h4-15H,16-18H2,1-3H3. The molecule has 6 nitrogen and oxygen atoms in total. The highest BCUT2D eigenvalue weighted by Gasteiger charge is 2.10. The molecular weight excluding hydrogens is 511 g/mol. The van der Waals surface area contributed by atoms with Gasteiger partial charge in [-0.15, -0.1) is 0 Å². The van der Waals surface area contributed by atoms with Crippen molar-refractivity contribution >= 4 is 35.3 Å². The molecule has 36 heavy (non-hydrogen) atoms. The van der Waals surface area contributed by atoms with Gasteiger partial charge in [0.15, 0.2) is 15.5 Å². The van der Waals surface area contributed by atoms with Crippen molar-refractivity contribution in [3.05, 3.63) is 89.5 Å². The van der Waals surface area contributed by atoms with Crippen LogP contribution in [0.3, 0.4) is 0 Å². The third kappa shape index (κ3) is 7.81. The molecule has 0 aliphatic heterocycles. The molecule has 9 heteroatoms. The molecule has 0 aliphatic rings. The fraction of sp³-hybridized carbons (Fsp3) is 0.222. The third-order valence-electron chi connectivity index (χ3n) is 5.15. The van der Waals surface area contributed by atoms with E-state index in [4.69, 9.17) is 29.2 Å². The van der Waals surface area contributed by atoms with Crippen LogP contribution in [0.4, 0.5) is 0 Å². The molecule has 0 saturated heterocycles. The first-order chi connectivity index (χ1) is 17.6. The summed E-state index contributed by atoms with van der Waals surface area (Å²) in [7, 11) is 5.01. The van der Waals surface area contributed by atoms with E-state index in [-0.39, 0.29) is 0 Å². The number of hydrogen-bond acceptors (Lipinski definition) is 9. The molecule has 186 valence electrons. The van der Waals surface area contributed by atoms with Crippen molar-refractivity contribution < 1.29 is 14.2 Å². The molecule has 0 aliphatic carbocycles. The van der Waals surface area contributed by atoms with E-state index < -0.39 is 0 Å². The van der Waals surface area contributed by atoms with Crippen molar-refractivity contribution in [2.24, 2.45) is 0 Å². The Morgan fingerprint density at radius 3 is 0.917 bits per heavy atom. The summed E-state index contributed by atoms with van der Waals surface area (Å²) in [5, 5.41) is 2.15. The first-order valence-electron chi connectivity index (χ1n) is 11.2. The fourth-order valence-electron chi connectivity index (χ4n) is 3.12. The molecule has 0 saturated carbocycles. The molecule has 0 fully saturated rings. The van der Waals surface area contributed by atoms with Gasteiger partial charge in [0.1, 0.15) is 17.2 Å². The van der Waals surface area contributed by atoms with E-state index in [0.717, 1.165) is 50.0 Å². The minimum Gasteiger partial charge on any atom is -0.497 e. The number of thioether (sulfide) groups is 3. The van der Waals surface area contributed by atoms with Crippen molar-refractivity contribution in [1.29, 1.82) is 0 Å². The first kappa shape index (κ1) is 26.2. The lowest BCUT2D eigenvalue weighted by molar-refractivity contribution is 0.414. The van der Waals surface area contributed by atoms with Gasteiger partial charge in [-0.2, -0.15) is 15.0 Å². The van der Waals surface area contributed by atoms with Crippen molar-refractivity contribution in [3.63, 3.8) is 0 Å². The Labute approximate surface area is 224 Å². The molecule has 0 bridgehead atoms. The van der Waals surface area contributed by atoms with Crippen molar-refractivity contribution in [2.45, 2.75) is 32.7 Å². The van der Waals surface area contributed by atoms with Crippen LogP contribution >= 0.6 is 35.3 Å². The molecule has 0 radical (unpaired) electrons. The van der Waals surface area contributed by atoms with Crippen LogP contribution in [0.5, 0.6) is 17.2 Å². The zero-order valence-electron chi connectivity index (χ0n) is 20.3. The van der Waals surface area contributed by atoms with Gasteiger partial charge in [0, 0.05) is 17.3 Å². The van der Waals surface area contributed by atoms with E-state index in [1.807, 2.05) is 36.4 Å². The zero-order chi connectivity index (χ0) is 25.2. The number of ether oxygens (including phenoxy) is 3. The van der Waals surface area contributed by atoms with Gasteiger partial charge in [0.2, 0.25) is 0 Å². The summed E-state index contributed by atoms with van der Waals surface area (Å²) in [4.78, 5) is 14.2. The van der Waals surface area contributed by atoms with Crippen LogP contribution in [0.2, 0.25) is 0 Å². The molecular formula is C27H27N3O3S3. The zero-order valence-corrected chi connectivity index (χ0v) is 22.8. The topological polar surface area (TPSA) is 66.4 Å². The SMILES string of the molecule is COc1ccc(CSc2nc(SCc3ccc(OC)cc3)nc(SCc3ccc(OC)cc3)n2)cc1. The summed E-state index contributed by atoms with van der Waals surface area (Å²) >= 11 is 4.82. The van der Waals surface area contributed by atoms with E-state index in [1.165, 1.54) is 16.7 Å². The summed E-state index contributed by atoms with van der Waals surface area (Å²) in [6.45, 7) is 0. The van der Waals surface area contributed by atoms with E-state index in [9.17, 15) is 0 Å². The predicted molar refractivity (Wildman–Crippen MR) is 147 cm³/mol. The highest BCUT2D eigenvalue weighted by molar-refractivity contribution is 7.99. The van der Waals surface area contributed by atoms with Gasteiger partial charge in [-0.25, -0.2) is 0 Å². The molecule has 4 rings (SSSR count).